The van der Waals surface area contributed by atoms with Crippen LogP contribution in [-0.2, 0) is 0 Å². The minimum absolute atomic E-state index is 0.749. The van der Waals surface area contributed by atoms with Crippen molar-refractivity contribution in [3.05, 3.63) is 0 Å². The van der Waals surface area contributed by atoms with Crippen LogP contribution in [0.5, 0.6) is 0 Å². The van der Waals surface area contributed by atoms with Crippen LogP contribution in [0.15, 0.2) is 0 Å². The van der Waals surface area contributed by atoms with Gasteiger partial charge in [-0.15, -0.1) is 0 Å². The van der Waals surface area contributed by atoms with Gasteiger partial charge in [0.25, 0.3) is 0 Å². The fourth-order valence-corrected chi connectivity index (χ4v) is 1.17. The summed E-state index contributed by atoms with van der Waals surface area (Å²) in [4.78, 5) is 1.67. The Morgan fingerprint density at radius 3 is 2.25 bits per heavy atom. The summed E-state index contributed by atoms with van der Waals surface area (Å²) < 4.78 is 0. The zero-order chi connectivity index (χ0) is 5.98. The molecule has 48 valence electrons. The molecule has 1 aliphatic heterocycles. The zero-order valence-corrected chi connectivity index (χ0v) is 5.61. The van der Waals surface area contributed by atoms with Crippen molar-refractivity contribution in [1.82, 2.24) is 0 Å². The molecule has 1 aliphatic rings. The van der Waals surface area contributed by atoms with E-state index in [1.165, 1.54) is 25.9 Å². The number of nitrogens with one attached hydrogen (secondary N) is 1. The van der Waals surface area contributed by atoms with E-state index in [-0.39, 0.29) is 0 Å². The molecule has 0 bridgehead atoms. The number of rotatable bonds is 0. The summed E-state index contributed by atoms with van der Waals surface area (Å²) in [7, 11) is 2.26. The standard InChI is InChI=1S/C6H14N2/c1-8-4-2-6(7)3-5-8/h6H,2-5,7H2,1H3/p+2. The first kappa shape index (κ1) is 6.05. The Labute approximate surface area is 50.7 Å². The van der Waals surface area contributed by atoms with Crippen LogP contribution in [0.2, 0.25) is 0 Å². The Morgan fingerprint density at radius 2 is 1.88 bits per heavy atom. The van der Waals surface area contributed by atoms with Crippen LogP contribution < -0.4 is 10.6 Å². The molecular formula is C6H16N2+2. The average Bonchev–Trinajstić information content (AvgIpc) is 1.77. The molecule has 1 fully saturated rings. The highest BCUT2D eigenvalue weighted by atomic mass is 15.1. The summed E-state index contributed by atoms with van der Waals surface area (Å²) in [5.74, 6) is 0. The van der Waals surface area contributed by atoms with Gasteiger partial charge in [-0.1, -0.05) is 0 Å². The van der Waals surface area contributed by atoms with Crippen molar-refractivity contribution >= 4 is 0 Å². The van der Waals surface area contributed by atoms with Gasteiger partial charge in [-0.05, 0) is 0 Å². The van der Waals surface area contributed by atoms with E-state index in [0.29, 0.717) is 0 Å². The van der Waals surface area contributed by atoms with Crippen LogP contribution in [0.3, 0.4) is 0 Å². The summed E-state index contributed by atoms with van der Waals surface area (Å²) in [5.41, 5.74) is 4.02. The van der Waals surface area contributed by atoms with E-state index in [4.69, 9.17) is 0 Å². The number of likely N-dealkylation sites (tertiary alicyclic amines) is 1. The summed E-state index contributed by atoms with van der Waals surface area (Å²) in [6.07, 6.45) is 2.65. The van der Waals surface area contributed by atoms with Crippen molar-refractivity contribution in [2.45, 2.75) is 18.9 Å². The van der Waals surface area contributed by atoms with E-state index >= 15 is 0 Å². The Balaban J connectivity index is 2.19. The number of hydrogen-bond donors (Lipinski definition) is 2. The Morgan fingerprint density at radius 1 is 1.38 bits per heavy atom. The lowest BCUT2D eigenvalue weighted by Gasteiger charge is -2.21. The van der Waals surface area contributed by atoms with Crippen molar-refractivity contribution in [3.63, 3.8) is 0 Å². The number of piperidine rings is 1. The first-order valence-corrected chi connectivity index (χ1v) is 3.43. The highest BCUT2D eigenvalue weighted by Crippen LogP contribution is 1.90. The molecule has 0 spiro atoms. The minimum atomic E-state index is 0.749. The molecule has 1 rings (SSSR count). The molecule has 1 saturated heterocycles. The monoisotopic (exact) mass is 116 g/mol. The highest BCUT2D eigenvalue weighted by Gasteiger charge is 2.17. The van der Waals surface area contributed by atoms with Gasteiger partial charge >= 0.3 is 0 Å². The third kappa shape index (κ3) is 1.46. The zero-order valence-electron chi connectivity index (χ0n) is 5.61. The molecule has 0 atom stereocenters. The summed E-state index contributed by atoms with van der Waals surface area (Å²) in [6.45, 7) is 2.66. The molecule has 0 amide bonds. The highest BCUT2D eigenvalue weighted by molar-refractivity contribution is 4.54. The third-order valence-electron chi connectivity index (χ3n) is 1.96. The second kappa shape index (κ2) is 2.46. The van der Waals surface area contributed by atoms with Gasteiger partial charge in [0.15, 0.2) is 0 Å². The van der Waals surface area contributed by atoms with Gasteiger partial charge in [-0.25, -0.2) is 0 Å². The van der Waals surface area contributed by atoms with Crippen LogP contribution in [0, 0.1) is 0 Å². The minimum Gasteiger partial charge on any atom is -0.355 e. The molecule has 4 N–H and O–H groups in total. The second-order valence-corrected chi connectivity index (χ2v) is 2.90. The molecule has 0 saturated carbocycles. The normalized spacial score (nSPS) is 39.8. The fourth-order valence-electron chi connectivity index (χ4n) is 1.17. The fraction of sp³-hybridized carbons (Fsp3) is 1.00. The van der Waals surface area contributed by atoms with E-state index in [9.17, 15) is 0 Å². The summed E-state index contributed by atoms with van der Waals surface area (Å²) in [5, 5.41) is 0. The molecule has 0 aromatic heterocycles. The summed E-state index contributed by atoms with van der Waals surface area (Å²) >= 11 is 0. The van der Waals surface area contributed by atoms with Gasteiger partial charge in [0.2, 0.25) is 0 Å². The van der Waals surface area contributed by atoms with Gasteiger partial charge in [-0.2, -0.15) is 0 Å². The lowest BCUT2D eigenvalue weighted by atomic mass is 10.1. The topological polar surface area (TPSA) is 32.1 Å². The van der Waals surface area contributed by atoms with E-state index in [0.717, 1.165) is 6.04 Å². The molecule has 0 aromatic rings. The first-order chi connectivity index (χ1) is 3.79. The van der Waals surface area contributed by atoms with Crippen LogP contribution in [0.4, 0.5) is 0 Å². The number of hydrogen-bond acceptors (Lipinski definition) is 0. The maximum Gasteiger partial charge on any atom is 0.0952 e. The maximum absolute atomic E-state index is 4.02. The molecule has 2 heteroatoms. The summed E-state index contributed by atoms with van der Waals surface area (Å²) in [6, 6.07) is 0.749. The van der Waals surface area contributed by atoms with Crippen molar-refractivity contribution < 1.29 is 10.6 Å². The number of quaternary nitrogens is 2. The van der Waals surface area contributed by atoms with Crippen molar-refractivity contribution in [1.29, 1.82) is 0 Å². The van der Waals surface area contributed by atoms with E-state index in [1.54, 1.807) is 4.90 Å². The van der Waals surface area contributed by atoms with E-state index in [2.05, 4.69) is 12.8 Å². The van der Waals surface area contributed by atoms with Crippen molar-refractivity contribution in [3.8, 4) is 0 Å². The van der Waals surface area contributed by atoms with Gasteiger partial charge in [0, 0.05) is 12.8 Å². The smallest absolute Gasteiger partial charge is 0.0952 e. The Hall–Kier alpha value is -0.0800. The Kier molecular flexibility index (Phi) is 1.86. The molecule has 0 aromatic carbocycles. The molecule has 8 heavy (non-hydrogen) atoms. The van der Waals surface area contributed by atoms with Gasteiger partial charge in [0.05, 0.1) is 26.2 Å². The Bertz CT molecular complexity index is 54.9. The molecule has 0 unspecified atom stereocenters. The van der Waals surface area contributed by atoms with Crippen LogP contribution in [-0.4, -0.2) is 26.2 Å². The first-order valence-electron chi connectivity index (χ1n) is 3.43. The third-order valence-corrected chi connectivity index (χ3v) is 1.96. The van der Waals surface area contributed by atoms with Gasteiger partial charge in [-0.3, -0.25) is 0 Å². The van der Waals surface area contributed by atoms with E-state index in [1.807, 2.05) is 0 Å². The van der Waals surface area contributed by atoms with Gasteiger partial charge in [0.1, 0.15) is 0 Å². The maximum atomic E-state index is 4.02. The van der Waals surface area contributed by atoms with E-state index < -0.39 is 0 Å². The molecule has 0 radical (unpaired) electrons. The predicted octanol–water partition coefficient (Wildman–Crippen LogP) is -2.09. The van der Waals surface area contributed by atoms with Crippen LogP contribution >= 0.6 is 0 Å². The van der Waals surface area contributed by atoms with Gasteiger partial charge < -0.3 is 10.6 Å². The SMILES string of the molecule is C[NH+]1CCC([NH3+])CC1. The lowest BCUT2D eigenvalue weighted by Crippen LogP contribution is -3.11. The molecule has 0 aliphatic carbocycles. The molecular weight excluding hydrogens is 100 g/mol. The van der Waals surface area contributed by atoms with Crippen LogP contribution in [0.25, 0.3) is 0 Å². The molecule has 2 nitrogen and oxygen atoms in total. The average molecular weight is 116 g/mol. The largest absolute Gasteiger partial charge is 0.355 e. The molecule has 1 heterocycles. The van der Waals surface area contributed by atoms with Crippen molar-refractivity contribution in [2.24, 2.45) is 0 Å². The second-order valence-electron chi connectivity index (χ2n) is 2.90. The predicted molar refractivity (Wildman–Crippen MR) is 32.5 cm³/mol. The lowest BCUT2D eigenvalue weighted by molar-refractivity contribution is -0.888. The quantitative estimate of drug-likeness (QED) is 0.364. The van der Waals surface area contributed by atoms with Crippen LogP contribution in [0.1, 0.15) is 12.8 Å². The van der Waals surface area contributed by atoms with Crippen molar-refractivity contribution in [2.75, 3.05) is 20.1 Å².